The third-order valence-electron chi connectivity index (χ3n) is 3.93. The zero-order chi connectivity index (χ0) is 20.6. The molecule has 0 bridgehead atoms. The molecule has 146 valence electrons. The largest absolute Gasteiger partial charge is 0.422 e. The third kappa shape index (κ3) is 5.60. The Kier molecular flexibility index (Phi) is 6.89. The van der Waals surface area contributed by atoms with Crippen LogP contribution in [0.2, 0.25) is 0 Å². The van der Waals surface area contributed by atoms with Gasteiger partial charge in [0.1, 0.15) is 5.75 Å². The van der Waals surface area contributed by atoms with E-state index in [4.69, 9.17) is 4.74 Å². The fourth-order valence-electron chi connectivity index (χ4n) is 2.46. The van der Waals surface area contributed by atoms with Gasteiger partial charge in [-0.15, -0.1) is 0 Å². The number of aliphatic hydroxyl groups is 1. The standard InChI is InChI=1S/C22H17BrN2O4/c23-18-11-12-19(29-22(28)16-9-5-2-6-10-16)17(13-18)14-24-25-21(27)20(26)15-7-3-1-4-8-15/h1-14,20,26H,(H,25,27)/b24-14+. The number of hydrogen-bond donors (Lipinski definition) is 2. The van der Waals surface area contributed by atoms with Gasteiger partial charge in [-0.3, -0.25) is 4.79 Å². The summed E-state index contributed by atoms with van der Waals surface area (Å²) in [6, 6.07) is 22.2. The van der Waals surface area contributed by atoms with Crippen LogP contribution in [0, 0.1) is 0 Å². The van der Waals surface area contributed by atoms with Crippen LogP contribution in [-0.2, 0) is 4.79 Å². The van der Waals surface area contributed by atoms with Gasteiger partial charge in [0.25, 0.3) is 5.91 Å². The molecule has 0 aliphatic carbocycles. The molecule has 1 atom stereocenters. The van der Waals surface area contributed by atoms with Crippen LogP contribution < -0.4 is 10.2 Å². The number of aliphatic hydroxyl groups excluding tert-OH is 1. The second kappa shape index (κ2) is 9.77. The van der Waals surface area contributed by atoms with Crippen molar-refractivity contribution < 1.29 is 19.4 Å². The van der Waals surface area contributed by atoms with E-state index in [1.165, 1.54) is 6.21 Å². The van der Waals surface area contributed by atoms with E-state index in [1.807, 2.05) is 0 Å². The molecule has 3 aromatic rings. The molecular weight excluding hydrogens is 436 g/mol. The molecule has 0 spiro atoms. The second-order valence-corrected chi connectivity index (χ2v) is 6.90. The summed E-state index contributed by atoms with van der Waals surface area (Å²) in [6.45, 7) is 0. The van der Waals surface area contributed by atoms with Gasteiger partial charge in [0.05, 0.1) is 11.8 Å². The van der Waals surface area contributed by atoms with Crippen LogP contribution in [-0.4, -0.2) is 23.2 Å². The lowest BCUT2D eigenvalue weighted by Crippen LogP contribution is -2.25. The Bertz CT molecular complexity index is 1020. The number of rotatable bonds is 6. The first-order chi connectivity index (χ1) is 14.0. The Morgan fingerprint density at radius 1 is 1.00 bits per heavy atom. The maximum absolute atomic E-state index is 12.3. The summed E-state index contributed by atoms with van der Waals surface area (Å²) in [6.07, 6.45) is -0.000196. The van der Waals surface area contributed by atoms with Crippen molar-refractivity contribution in [1.82, 2.24) is 5.43 Å². The number of hydrogen-bond acceptors (Lipinski definition) is 5. The highest BCUT2D eigenvalue weighted by molar-refractivity contribution is 9.10. The number of esters is 1. The molecule has 0 radical (unpaired) electrons. The predicted molar refractivity (Wildman–Crippen MR) is 113 cm³/mol. The first kappa shape index (κ1) is 20.4. The summed E-state index contributed by atoms with van der Waals surface area (Å²) < 4.78 is 6.19. The molecule has 1 unspecified atom stereocenters. The van der Waals surface area contributed by atoms with Gasteiger partial charge >= 0.3 is 5.97 Å². The van der Waals surface area contributed by atoms with Crippen LogP contribution in [0.4, 0.5) is 0 Å². The quantitative estimate of drug-likeness (QED) is 0.257. The maximum Gasteiger partial charge on any atom is 0.343 e. The van der Waals surface area contributed by atoms with Crippen molar-refractivity contribution in [3.8, 4) is 5.75 Å². The number of amides is 1. The van der Waals surface area contributed by atoms with Crippen molar-refractivity contribution in [2.75, 3.05) is 0 Å². The Labute approximate surface area is 176 Å². The van der Waals surface area contributed by atoms with Gasteiger partial charge in [-0.05, 0) is 35.9 Å². The monoisotopic (exact) mass is 452 g/mol. The molecule has 6 nitrogen and oxygen atoms in total. The molecule has 3 rings (SSSR count). The second-order valence-electron chi connectivity index (χ2n) is 5.99. The van der Waals surface area contributed by atoms with Gasteiger partial charge in [0, 0.05) is 10.0 Å². The van der Waals surface area contributed by atoms with E-state index < -0.39 is 18.0 Å². The van der Waals surface area contributed by atoms with Crippen LogP contribution >= 0.6 is 15.9 Å². The molecule has 0 saturated carbocycles. The smallest absolute Gasteiger partial charge is 0.343 e. The molecule has 0 saturated heterocycles. The molecular formula is C22H17BrN2O4. The fraction of sp³-hybridized carbons (Fsp3) is 0.0455. The Morgan fingerprint density at radius 2 is 1.66 bits per heavy atom. The summed E-state index contributed by atoms with van der Waals surface area (Å²) >= 11 is 3.35. The molecule has 3 aromatic carbocycles. The molecule has 2 N–H and O–H groups in total. The van der Waals surface area contributed by atoms with Gasteiger partial charge in [0.2, 0.25) is 0 Å². The van der Waals surface area contributed by atoms with Crippen molar-refractivity contribution >= 4 is 34.0 Å². The van der Waals surface area contributed by atoms with E-state index in [-0.39, 0.29) is 5.75 Å². The SMILES string of the molecule is O=C(Oc1ccc(Br)cc1/C=N/NC(=O)C(O)c1ccccc1)c1ccccc1. The highest BCUT2D eigenvalue weighted by atomic mass is 79.9. The Balaban J connectivity index is 1.71. The summed E-state index contributed by atoms with van der Waals surface area (Å²) in [4.78, 5) is 24.4. The van der Waals surface area contributed by atoms with Crippen molar-refractivity contribution in [2.24, 2.45) is 5.10 Å². The molecule has 1 amide bonds. The van der Waals surface area contributed by atoms with Crippen molar-refractivity contribution in [3.63, 3.8) is 0 Å². The zero-order valence-corrected chi connectivity index (χ0v) is 16.7. The highest BCUT2D eigenvalue weighted by Gasteiger charge is 2.16. The van der Waals surface area contributed by atoms with E-state index in [2.05, 4.69) is 26.5 Å². The number of ether oxygens (including phenoxy) is 1. The summed E-state index contributed by atoms with van der Waals surface area (Å²) in [5.41, 5.74) is 3.63. The van der Waals surface area contributed by atoms with E-state index in [0.29, 0.717) is 16.7 Å². The van der Waals surface area contributed by atoms with Crippen molar-refractivity contribution in [2.45, 2.75) is 6.10 Å². The molecule has 0 aliphatic rings. The van der Waals surface area contributed by atoms with E-state index in [9.17, 15) is 14.7 Å². The predicted octanol–water partition coefficient (Wildman–Crippen LogP) is 3.85. The van der Waals surface area contributed by atoms with Crippen LogP contribution in [0.15, 0.2) is 88.4 Å². The van der Waals surface area contributed by atoms with E-state index >= 15 is 0 Å². The number of carbonyl (C=O) groups excluding carboxylic acids is 2. The molecule has 29 heavy (non-hydrogen) atoms. The Morgan fingerprint density at radius 3 is 2.34 bits per heavy atom. The molecule has 0 aliphatic heterocycles. The van der Waals surface area contributed by atoms with Crippen molar-refractivity contribution in [1.29, 1.82) is 0 Å². The lowest BCUT2D eigenvalue weighted by Gasteiger charge is -2.09. The average Bonchev–Trinajstić information content (AvgIpc) is 2.76. The fourth-order valence-corrected chi connectivity index (χ4v) is 2.84. The zero-order valence-electron chi connectivity index (χ0n) is 15.2. The summed E-state index contributed by atoms with van der Waals surface area (Å²) in [7, 11) is 0. The lowest BCUT2D eigenvalue weighted by molar-refractivity contribution is -0.129. The third-order valence-corrected chi connectivity index (χ3v) is 4.42. The molecule has 0 heterocycles. The minimum Gasteiger partial charge on any atom is -0.422 e. The van der Waals surface area contributed by atoms with Crippen molar-refractivity contribution in [3.05, 3.63) is 100 Å². The first-order valence-corrected chi connectivity index (χ1v) is 9.46. The lowest BCUT2D eigenvalue weighted by atomic mass is 10.1. The first-order valence-electron chi connectivity index (χ1n) is 8.67. The number of halogens is 1. The van der Waals surface area contributed by atoms with Crippen LogP contribution in [0.3, 0.4) is 0 Å². The number of hydrazone groups is 1. The minimum atomic E-state index is -1.34. The van der Waals surface area contributed by atoms with Gasteiger partial charge in [-0.2, -0.15) is 5.10 Å². The van der Waals surface area contributed by atoms with E-state index in [1.54, 1.807) is 78.9 Å². The van der Waals surface area contributed by atoms with Crippen LogP contribution in [0.25, 0.3) is 0 Å². The summed E-state index contributed by atoms with van der Waals surface area (Å²) in [5.74, 6) is -0.903. The average molecular weight is 453 g/mol. The van der Waals surface area contributed by atoms with Crippen LogP contribution in [0.1, 0.15) is 27.6 Å². The number of nitrogens with one attached hydrogen (secondary N) is 1. The topological polar surface area (TPSA) is 88.0 Å². The molecule has 0 aromatic heterocycles. The van der Waals surface area contributed by atoms with Crippen LogP contribution in [0.5, 0.6) is 5.75 Å². The Hall–Kier alpha value is -3.29. The maximum atomic E-state index is 12.3. The molecule has 7 heteroatoms. The number of carbonyl (C=O) groups is 2. The van der Waals surface area contributed by atoms with E-state index in [0.717, 1.165) is 4.47 Å². The van der Waals surface area contributed by atoms with Gasteiger partial charge in [-0.1, -0.05) is 64.5 Å². The van der Waals surface area contributed by atoms with Gasteiger partial charge in [-0.25, -0.2) is 10.2 Å². The van der Waals surface area contributed by atoms with Gasteiger partial charge in [0.15, 0.2) is 6.10 Å². The highest BCUT2D eigenvalue weighted by Crippen LogP contribution is 2.23. The number of benzene rings is 3. The molecule has 0 fully saturated rings. The summed E-state index contributed by atoms with van der Waals surface area (Å²) in [5, 5.41) is 13.9. The van der Waals surface area contributed by atoms with Gasteiger partial charge < -0.3 is 9.84 Å². The minimum absolute atomic E-state index is 0.281. The number of nitrogens with zero attached hydrogens (tertiary/aromatic N) is 1. The normalized spacial score (nSPS) is 11.8.